The van der Waals surface area contributed by atoms with Gasteiger partial charge in [0.2, 0.25) is 0 Å². The zero-order chi connectivity index (χ0) is 50.0. The summed E-state index contributed by atoms with van der Waals surface area (Å²) in [6.45, 7) is 6.49. The first-order valence-corrected chi connectivity index (χ1v) is 29.8. The second-order valence-corrected chi connectivity index (χ2v) is 19.9. The summed E-state index contributed by atoms with van der Waals surface area (Å²) >= 11 is 0. The number of hydrogen-bond donors (Lipinski definition) is 0. The van der Waals surface area contributed by atoms with Crippen LogP contribution in [0.15, 0.2) is 60.8 Å². The Bertz CT molecular complexity index is 1250. The Morgan fingerprint density at radius 1 is 0.304 bits per heavy atom. The van der Waals surface area contributed by atoms with Crippen LogP contribution in [0.5, 0.6) is 0 Å². The molecule has 0 fully saturated rings. The van der Waals surface area contributed by atoms with Crippen molar-refractivity contribution in [3.63, 3.8) is 0 Å². The minimum atomic E-state index is -0.772. The SMILES string of the molecule is CC/C=C\C/C=C\C/C=C\C/C=C\CCCCCCCCCCCCCCCCC(=O)OCC(COC(=O)CCCCCCCC)OC(=O)CCCCCCCCC/C=C\CCCCCCCCC. The molecule has 1 unspecified atom stereocenters. The lowest BCUT2D eigenvalue weighted by molar-refractivity contribution is -0.167. The van der Waals surface area contributed by atoms with Crippen molar-refractivity contribution in [2.75, 3.05) is 13.2 Å². The van der Waals surface area contributed by atoms with Crippen LogP contribution in [0.25, 0.3) is 0 Å². The molecule has 0 aromatic carbocycles. The zero-order valence-electron chi connectivity index (χ0n) is 45.8. The number of hydrogen-bond acceptors (Lipinski definition) is 6. The fourth-order valence-corrected chi connectivity index (χ4v) is 8.55. The largest absolute Gasteiger partial charge is 0.462 e. The molecular weight excluding hydrogens is 853 g/mol. The predicted molar refractivity (Wildman–Crippen MR) is 298 cm³/mol. The predicted octanol–water partition coefficient (Wildman–Crippen LogP) is 20.0. The molecule has 0 rings (SSSR count). The molecule has 0 aromatic heterocycles. The van der Waals surface area contributed by atoms with Gasteiger partial charge in [-0.15, -0.1) is 0 Å². The smallest absolute Gasteiger partial charge is 0.306 e. The van der Waals surface area contributed by atoms with Gasteiger partial charge in [-0.25, -0.2) is 0 Å². The highest BCUT2D eigenvalue weighted by Gasteiger charge is 2.19. The van der Waals surface area contributed by atoms with Gasteiger partial charge in [-0.1, -0.05) is 261 Å². The van der Waals surface area contributed by atoms with Crippen molar-refractivity contribution in [3.8, 4) is 0 Å². The summed E-state index contributed by atoms with van der Waals surface area (Å²) in [6.07, 6.45) is 72.5. The average Bonchev–Trinajstić information content (AvgIpc) is 3.35. The van der Waals surface area contributed by atoms with Crippen LogP contribution in [0.2, 0.25) is 0 Å². The van der Waals surface area contributed by atoms with Crippen LogP contribution in [0.4, 0.5) is 0 Å². The van der Waals surface area contributed by atoms with Crippen LogP contribution < -0.4 is 0 Å². The molecule has 6 nitrogen and oxygen atoms in total. The Balaban J connectivity index is 4.07. The highest BCUT2D eigenvalue weighted by molar-refractivity contribution is 5.71. The summed E-state index contributed by atoms with van der Waals surface area (Å²) in [5, 5.41) is 0. The molecule has 0 heterocycles. The van der Waals surface area contributed by atoms with Crippen LogP contribution >= 0.6 is 0 Å². The molecule has 0 spiro atoms. The van der Waals surface area contributed by atoms with E-state index in [1.54, 1.807) is 0 Å². The Labute approximate surface area is 428 Å². The maximum absolute atomic E-state index is 12.8. The molecule has 0 aliphatic heterocycles. The monoisotopic (exact) mass is 965 g/mol. The number of allylic oxidation sites excluding steroid dienone is 10. The lowest BCUT2D eigenvalue weighted by atomic mass is 10.0. The van der Waals surface area contributed by atoms with Gasteiger partial charge in [0.1, 0.15) is 13.2 Å². The van der Waals surface area contributed by atoms with Crippen molar-refractivity contribution in [1.82, 2.24) is 0 Å². The summed E-state index contributed by atoms with van der Waals surface area (Å²) in [5.41, 5.74) is 0. The number of rotatable bonds is 54. The second kappa shape index (κ2) is 57.7. The van der Waals surface area contributed by atoms with Gasteiger partial charge in [-0.2, -0.15) is 0 Å². The topological polar surface area (TPSA) is 78.9 Å². The third kappa shape index (κ3) is 55.9. The fraction of sp³-hybridized carbons (Fsp3) is 0.794. The number of carbonyl (C=O) groups is 3. The Morgan fingerprint density at radius 3 is 0.899 bits per heavy atom. The Morgan fingerprint density at radius 2 is 0.565 bits per heavy atom. The number of esters is 3. The summed E-state index contributed by atoms with van der Waals surface area (Å²) in [7, 11) is 0. The molecule has 0 N–H and O–H groups in total. The van der Waals surface area contributed by atoms with Gasteiger partial charge < -0.3 is 14.2 Å². The van der Waals surface area contributed by atoms with Crippen LogP contribution in [0.3, 0.4) is 0 Å². The molecule has 69 heavy (non-hydrogen) atoms. The van der Waals surface area contributed by atoms with Gasteiger partial charge in [0.25, 0.3) is 0 Å². The highest BCUT2D eigenvalue weighted by atomic mass is 16.6. The van der Waals surface area contributed by atoms with Gasteiger partial charge in [-0.3, -0.25) is 14.4 Å². The fourth-order valence-electron chi connectivity index (χ4n) is 8.55. The quantitative estimate of drug-likeness (QED) is 0.0262. The van der Waals surface area contributed by atoms with E-state index in [4.69, 9.17) is 14.2 Å². The molecule has 0 aliphatic rings. The molecule has 0 amide bonds. The van der Waals surface area contributed by atoms with Crippen molar-refractivity contribution < 1.29 is 28.6 Å². The normalized spacial score (nSPS) is 12.4. The number of unbranched alkanes of at least 4 members (excludes halogenated alkanes) is 33. The summed E-state index contributed by atoms with van der Waals surface area (Å²) in [4.78, 5) is 37.9. The molecular formula is C63H112O6. The summed E-state index contributed by atoms with van der Waals surface area (Å²) < 4.78 is 16.8. The first kappa shape index (κ1) is 66.1. The molecule has 0 aromatic rings. The van der Waals surface area contributed by atoms with E-state index in [9.17, 15) is 14.4 Å². The Hall–Kier alpha value is -2.89. The maximum Gasteiger partial charge on any atom is 0.306 e. The average molecular weight is 966 g/mol. The minimum Gasteiger partial charge on any atom is -0.462 e. The maximum atomic E-state index is 12.8. The number of ether oxygens (including phenoxy) is 3. The highest BCUT2D eigenvalue weighted by Crippen LogP contribution is 2.16. The molecule has 400 valence electrons. The van der Waals surface area contributed by atoms with Crippen LogP contribution in [-0.2, 0) is 28.6 Å². The van der Waals surface area contributed by atoms with Gasteiger partial charge in [0, 0.05) is 19.3 Å². The first-order valence-electron chi connectivity index (χ1n) is 29.8. The third-order valence-electron chi connectivity index (χ3n) is 13.0. The lowest BCUT2D eigenvalue weighted by Crippen LogP contribution is -2.30. The van der Waals surface area contributed by atoms with E-state index in [1.165, 1.54) is 180 Å². The van der Waals surface area contributed by atoms with E-state index in [1.807, 2.05) is 0 Å². The van der Waals surface area contributed by atoms with Crippen molar-refractivity contribution in [3.05, 3.63) is 60.8 Å². The van der Waals surface area contributed by atoms with Gasteiger partial charge >= 0.3 is 17.9 Å². The lowest BCUT2D eigenvalue weighted by Gasteiger charge is -2.18. The van der Waals surface area contributed by atoms with E-state index in [2.05, 4.69) is 81.5 Å². The van der Waals surface area contributed by atoms with Gasteiger partial charge in [0.05, 0.1) is 0 Å². The van der Waals surface area contributed by atoms with Gasteiger partial charge in [0.15, 0.2) is 6.10 Å². The first-order chi connectivity index (χ1) is 34.0. The molecule has 0 bridgehead atoms. The van der Waals surface area contributed by atoms with Crippen molar-refractivity contribution in [2.45, 2.75) is 309 Å². The molecule has 0 saturated heterocycles. The van der Waals surface area contributed by atoms with Crippen LogP contribution in [-0.4, -0.2) is 37.2 Å². The van der Waals surface area contributed by atoms with Crippen molar-refractivity contribution >= 4 is 17.9 Å². The van der Waals surface area contributed by atoms with E-state index in [0.717, 1.165) is 83.5 Å². The molecule has 0 aliphatic carbocycles. The zero-order valence-corrected chi connectivity index (χ0v) is 45.8. The van der Waals surface area contributed by atoms with Crippen LogP contribution in [0.1, 0.15) is 303 Å². The summed E-state index contributed by atoms with van der Waals surface area (Å²) in [6, 6.07) is 0. The molecule has 0 saturated carbocycles. The number of carbonyl (C=O) groups excluding carboxylic acids is 3. The third-order valence-corrected chi connectivity index (χ3v) is 13.0. The van der Waals surface area contributed by atoms with Crippen LogP contribution in [0, 0.1) is 0 Å². The standard InChI is InChI=1S/C63H112O6/c1-4-7-10-13-16-18-20-22-24-26-28-29-30-31-32-33-34-35-36-38-39-41-43-45-47-50-53-56-62(65)68-59-60(58-67-61(64)55-52-49-15-12-9-6-3)69-63(66)57-54-51-48-46-44-42-40-37-27-25-23-21-19-17-14-11-8-5-2/h7,10,16,18,22,24-25,27-29,60H,4-6,8-9,11-15,17,19-21,23,26,30-59H2,1-3H3/b10-7-,18-16-,24-22-,27-25-,29-28-. The van der Waals surface area contributed by atoms with E-state index in [0.29, 0.717) is 19.3 Å². The summed E-state index contributed by atoms with van der Waals surface area (Å²) in [5.74, 6) is -0.876. The minimum absolute atomic E-state index is 0.0735. The van der Waals surface area contributed by atoms with E-state index in [-0.39, 0.29) is 31.1 Å². The van der Waals surface area contributed by atoms with Crippen molar-refractivity contribution in [1.29, 1.82) is 0 Å². The molecule has 1 atom stereocenters. The van der Waals surface area contributed by atoms with E-state index >= 15 is 0 Å². The second-order valence-electron chi connectivity index (χ2n) is 19.9. The molecule has 6 heteroatoms. The van der Waals surface area contributed by atoms with Crippen molar-refractivity contribution in [2.24, 2.45) is 0 Å². The van der Waals surface area contributed by atoms with E-state index < -0.39 is 6.10 Å². The van der Waals surface area contributed by atoms with Gasteiger partial charge in [-0.05, 0) is 83.5 Å². The Kier molecular flexibility index (Phi) is 55.3. The molecule has 0 radical (unpaired) electrons.